The van der Waals surface area contributed by atoms with Gasteiger partial charge in [0.2, 0.25) is 0 Å². The summed E-state index contributed by atoms with van der Waals surface area (Å²) in [5.74, 6) is 0.206. The van der Waals surface area contributed by atoms with E-state index in [4.69, 9.17) is 0 Å². The summed E-state index contributed by atoms with van der Waals surface area (Å²) in [7, 11) is -3.87. The van der Waals surface area contributed by atoms with Crippen LogP contribution in [0.15, 0.2) is 77.7 Å². The van der Waals surface area contributed by atoms with Crippen LogP contribution in [0, 0.1) is 0 Å². The van der Waals surface area contributed by atoms with E-state index in [1.165, 1.54) is 0 Å². The number of anilines is 2. The zero-order valence-electron chi connectivity index (χ0n) is 16.4. The number of amides is 2. The Morgan fingerprint density at radius 3 is 2.52 bits per heavy atom. The van der Waals surface area contributed by atoms with Crippen molar-refractivity contribution >= 4 is 38.3 Å². The largest absolute Gasteiger partial charge is 0.322 e. The van der Waals surface area contributed by atoms with Crippen molar-refractivity contribution in [3.05, 3.63) is 84.1 Å². The molecule has 2 amide bonds. The number of carbonyl (C=O) groups excluding carboxylic acids is 1. The molecule has 0 bridgehead atoms. The van der Waals surface area contributed by atoms with Gasteiger partial charge < -0.3 is 10.2 Å². The minimum absolute atomic E-state index is 0.180. The molecule has 31 heavy (non-hydrogen) atoms. The zero-order valence-corrected chi connectivity index (χ0v) is 17.2. The van der Waals surface area contributed by atoms with Crippen molar-refractivity contribution in [2.45, 2.75) is 18.0 Å². The lowest BCUT2D eigenvalue weighted by Crippen LogP contribution is -2.30. The Balaban J connectivity index is 1.37. The number of sulfonamides is 1. The molecule has 4 aromatic rings. The van der Waals surface area contributed by atoms with E-state index in [2.05, 4.69) is 20.2 Å². The van der Waals surface area contributed by atoms with Gasteiger partial charge in [-0.15, -0.1) is 0 Å². The second-order valence-corrected chi connectivity index (χ2v) is 8.92. The molecule has 0 atom stereocenters. The second kappa shape index (κ2) is 7.44. The van der Waals surface area contributed by atoms with E-state index in [1.54, 1.807) is 41.3 Å². The van der Waals surface area contributed by atoms with E-state index in [0.717, 1.165) is 5.39 Å². The highest BCUT2D eigenvalue weighted by molar-refractivity contribution is 7.93. The van der Waals surface area contributed by atoms with Crippen molar-refractivity contribution in [3.8, 4) is 0 Å². The summed E-state index contributed by atoms with van der Waals surface area (Å²) in [4.78, 5) is 14.4. The summed E-state index contributed by atoms with van der Waals surface area (Å²) >= 11 is 0. The highest BCUT2D eigenvalue weighted by Crippen LogP contribution is 2.30. The van der Waals surface area contributed by atoms with Gasteiger partial charge in [0.15, 0.2) is 5.82 Å². The standard InChI is InChI=1S/C22H19N5O3S/c28-22(23-16-9-2-1-3-10-16)27-13-18-19(14-27)24-25-21(18)26-31(29,30)20-12-6-8-15-7-4-5-11-17(15)20/h1-12H,13-14H2,(H,23,28)(H2,24,25,26). The molecule has 3 aromatic carbocycles. The molecule has 3 N–H and O–H groups in total. The van der Waals surface area contributed by atoms with Crippen LogP contribution < -0.4 is 10.0 Å². The summed E-state index contributed by atoms with van der Waals surface area (Å²) in [6.07, 6.45) is 0. The number of hydrogen-bond acceptors (Lipinski definition) is 4. The van der Waals surface area contributed by atoms with Gasteiger partial charge in [-0.1, -0.05) is 54.6 Å². The molecule has 1 aromatic heterocycles. The molecule has 0 aliphatic carbocycles. The highest BCUT2D eigenvalue weighted by Gasteiger charge is 2.30. The number of H-pyrrole nitrogens is 1. The number of nitrogens with zero attached hydrogens (tertiary/aromatic N) is 2. The zero-order chi connectivity index (χ0) is 21.4. The van der Waals surface area contributed by atoms with E-state index in [0.29, 0.717) is 28.9 Å². The van der Waals surface area contributed by atoms with Gasteiger partial charge in [-0.2, -0.15) is 5.10 Å². The Morgan fingerprint density at radius 2 is 1.68 bits per heavy atom. The Hall–Kier alpha value is -3.85. The van der Waals surface area contributed by atoms with Gasteiger partial charge in [0.1, 0.15) is 0 Å². The number of rotatable bonds is 4. The SMILES string of the molecule is O=C(Nc1ccccc1)N1Cc2[nH]nc(NS(=O)(=O)c3cccc4ccccc34)c2C1. The first kappa shape index (κ1) is 19.1. The first-order chi connectivity index (χ1) is 15.0. The molecule has 1 aliphatic rings. The third-order valence-electron chi connectivity index (χ3n) is 5.23. The number of benzene rings is 3. The van der Waals surface area contributed by atoms with Gasteiger partial charge in [-0.05, 0) is 23.6 Å². The molecule has 0 radical (unpaired) electrons. The number of para-hydroxylation sites is 1. The third kappa shape index (κ3) is 3.59. The number of aromatic nitrogens is 2. The maximum absolute atomic E-state index is 13.1. The predicted octanol–water partition coefficient (Wildman–Crippen LogP) is 3.91. The molecular formula is C22H19N5O3S. The normalized spacial score (nSPS) is 13.2. The van der Waals surface area contributed by atoms with Crippen LogP contribution in [0.25, 0.3) is 10.8 Å². The van der Waals surface area contributed by atoms with Crippen molar-refractivity contribution in [2.75, 3.05) is 10.0 Å². The summed E-state index contributed by atoms with van der Waals surface area (Å²) < 4.78 is 28.8. The minimum Gasteiger partial charge on any atom is -0.314 e. The van der Waals surface area contributed by atoms with Crippen LogP contribution in [0.4, 0.5) is 16.3 Å². The van der Waals surface area contributed by atoms with Crippen LogP contribution in [0.5, 0.6) is 0 Å². The summed E-state index contributed by atoms with van der Waals surface area (Å²) in [5.41, 5.74) is 2.06. The summed E-state index contributed by atoms with van der Waals surface area (Å²) in [5, 5.41) is 11.3. The van der Waals surface area contributed by atoms with Gasteiger partial charge in [-0.3, -0.25) is 9.82 Å². The molecule has 1 aliphatic heterocycles. The molecule has 0 fully saturated rings. The van der Waals surface area contributed by atoms with Crippen molar-refractivity contribution in [2.24, 2.45) is 0 Å². The monoisotopic (exact) mass is 433 g/mol. The van der Waals surface area contributed by atoms with Crippen LogP contribution >= 0.6 is 0 Å². The van der Waals surface area contributed by atoms with Gasteiger partial charge >= 0.3 is 6.03 Å². The van der Waals surface area contributed by atoms with Crippen molar-refractivity contribution in [1.29, 1.82) is 0 Å². The quantitative estimate of drug-likeness (QED) is 0.453. The summed E-state index contributed by atoms with van der Waals surface area (Å²) in [6.45, 7) is 0.564. The van der Waals surface area contributed by atoms with Crippen molar-refractivity contribution < 1.29 is 13.2 Å². The molecule has 9 heteroatoms. The molecule has 2 heterocycles. The van der Waals surface area contributed by atoms with Crippen LogP contribution in [0.1, 0.15) is 11.3 Å². The lowest BCUT2D eigenvalue weighted by molar-refractivity contribution is 0.212. The Labute approximate surface area is 178 Å². The number of hydrogen-bond donors (Lipinski definition) is 3. The average molecular weight is 433 g/mol. The first-order valence-electron chi connectivity index (χ1n) is 9.69. The Kier molecular flexibility index (Phi) is 4.59. The van der Waals surface area contributed by atoms with Crippen LogP contribution in [0.3, 0.4) is 0 Å². The number of urea groups is 1. The molecule has 0 unspecified atom stereocenters. The smallest absolute Gasteiger partial charge is 0.314 e. The molecular weight excluding hydrogens is 414 g/mol. The van der Waals surface area contributed by atoms with Gasteiger partial charge in [0, 0.05) is 16.6 Å². The lowest BCUT2D eigenvalue weighted by atomic mass is 10.1. The van der Waals surface area contributed by atoms with Gasteiger partial charge in [-0.25, -0.2) is 13.2 Å². The molecule has 0 saturated carbocycles. The molecule has 8 nitrogen and oxygen atoms in total. The fourth-order valence-electron chi connectivity index (χ4n) is 3.70. The van der Waals surface area contributed by atoms with E-state index in [1.807, 2.05) is 36.4 Å². The van der Waals surface area contributed by atoms with E-state index >= 15 is 0 Å². The number of carbonyl (C=O) groups is 1. The maximum Gasteiger partial charge on any atom is 0.322 e. The van der Waals surface area contributed by atoms with E-state index in [-0.39, 0.29) is 23.3 Å². The maximum atomic E-state index is 13.1. The third-order valence-corrected chi connectivity index (χ3v) is 6.63. The molecule has 0 spiro atoms. The highest BCUT2D eigenvalue weighted by atomic mass is 32.2. The Bertz CT molecular complexity index is 1380. The van der Waals surface area contributed by atoms with Crippen LogP contribution in [-0.2, 0) is 23.1 Å². The average Bonchev–Trinajstić information content (AvgIpc) is 3.36. The minimum atomic E-state index is -3.87. The fourth-order valence-corrected chi connectivity index (χ4v) is 4.97. The molecule has 5 rings (SSSR count). The Morgan fingerprint density at radius 1 is 0.935 bits per heavy atom. The first-order valence-corrected chi connectivity index (χ1v) is 11.2. The molecule has 156 valence electrons. The van der Waals surface area contributed by atoms with Gasteiger partial charge in [0.05, 0.1) is 23.7 Å². The summed E-state index contributed by atoms with van der Waals surface area (Å²) in [6, 6.07) is 21.3. The van der Waals surface area contributed by atoms with Gasteiger partial charge in [0.25, 0.3) is 10.0 Å². The van der Waals surface area contributed by atoms with Crippen LogP contribution in [-0.4, -0.2) is 29.5 Å². The fraction of sp³-hybridized carbons (Fsp3) is 0.0909. The van der Waals surface area contributed by atoms with Crippen molar-refractivity contribution in [3.63, 3.8) is 0 Å². The van der Waals surface area contributed by atoms with Crippen molar-refractivity contribution in [1.82, 2.24) is 15.1 Å². The lowest BCUT2D eigenvalue weighted by Gasteiger charge is -2.17. The number of aromatic amines is 1. The molecule has 0 saturated heterocycles. The second-order valence-electron chi connectivity index (χ2n) is 7.26. The van der Waals surface area contributed by atoms with E-state index in [9.17, 15) is 13.2 Å². The topological polar surface area (TPSA) is 107 Å². The van der Waals surface area contributed by atoms with Crippen LogP contribution in [0.2, 0.25) is 0 Å². The number of fused-ring (bicyclic) bond motifs is 2. The predicted molar refractivity (Wildman–Crippen MR) is 118 cm³/mol. The van der Waals surface area contributed by atoms with E-state index < -0.39 is 10.0 Å². The number of nitrogens with one attached hydrogen (secondary N) is 3.